The molecule has 2 aromatic carbocycles. The van der Waals surface area contributed by atoms with Gasteiger partial charge in [-0.15, -0.1) is 0 Å². The zero-order valence-electron chi connectivity index (χ0n) is 20.8. The van der Waals surface area contributed by atoms with Crippen LogP contribution in [0.4, 0.5) is 11.4 Å². The lowest BCUT2D eigenvalue weighted by Crippen LogP contribution is -2.56. The van der Waals surface area contributed by atoms with Crippen LogP contribution in [0.1, 0.15) is 38.7 Å². The molecule has 0 aromatic heterocycles. The number of carbonyl (C=O) groups is 1. The minimum atomic E-state index is 0.0588. The van der Waals surface area contributed by atoms with Crippen LogP contribution in [0.5, 0.6) is 0 Å². The fourth-order valence-corrected chi connectivity index (χ4v) is 4.90. The molecule has 0 spiro atoms. The Labute approximate surface area is 204 Å². The lowest BCUT2D eigenvalue weighted by molar-refractivity contribution is -0.116. The summed E-state index contributed by atoms with van der Waals surface area (Å²) in [6.07, 6.45) is 3.56. The van der Waals surface area contributed by atoms with E-state index in [-0.39, 0.29) is 11.4 Å². The van der Waals surface area contributed by atoms with Crippen LogP contribution in [0.15, 0.2) is 54.6 Å². The summed E-state index contributed by atoms with van der Waals surface area (Å²) in [5, 5.41) is 6.86. The average molecular weight is 465 g/mol. The smallest absolute Gasteiger partial charge is 0.224 e. The maximum absolute atomic E-state index is 12.3. The lowest BCUT2D eigenvalue weighted by atomic mass is 9.99. The lowest BCUT2D eigenvalue weighted by Gasteiger charge is -2.42. The molecule has 2 aromatic rings. The van der Waals surface area contributed by atoms with Gasteiger partial charge in [0, 0.05) is 62.1 Å². The highest BCUT2D eigenvalue weighted by atomic mass is 16.5. The third kappa shape index (κ3) is 7.05. The summed E-state index contributed by atoms with van der Waals surface area (Å²) in [6.45, 7) is 11.5. The van der Waals surface area contributed by atoms with E-state index in [1.165, 1.54) is 11.3 Å². The summed E-state index contributed by atoms with van der Waals surface area (Å²) in [6, 6.07) is 19.0. The van der Waals surface area contributed by atoms with Crippen LogP contribution in [0.3, 0.4) is 0 Å². The highest BCUT2D eigenvalue weighted by Crippen LogP contribution is 2.23. The van der Waals surface area contributed by atoms with Crippen LogP contribution in [0, 0.1) is 0 Å². The highest BCUT2D eigenvalue weighted by molar-refractivity contribution is 5.91. The van der Waals surface area contributed by atoms with Gasteiger partial charge in [0.05, 0.1) is 13.2 Å². The number of ether oxygens (including phenoxy) is 1. The van der Waals surface area contributed by atoms with E-state index in [0.717, 1.165) is 70.9 Å². The minimum absolute atomic E-state index is 0.0588. The number of morpholine rings is 1. The van der Waals surface area contributed by atoms with Gasteiger partial charge in [-0.05, 0) is 62.9 Å². The number of nitrogens with zero attached hydrogens (tertiary/aromatic N) is 2. The van der Waals surface area contributed by atoms with E-state index in [0.29, 0.717) is 12.5 Å². The highest BCUT2D eigenvalue weighted by Gasteiger charge is 2.29. The standard InChI is InChI=1S/C28H40N4O2/c1-28(2,32-18-20-34-21-19-32)22-29-24-14-16-31(17-15-24)26-11-9-25(10-12-26)30-27(33)13-8-23-6-4-3-5-7-23/h3-7,9-12,24,29H,8,13-22H2,1-2H3,(H,30,33). The molecule has 2 saturated heterocycles. The molecule has 1 amide bonds. The quantitative estimate of drug-likeness (QED) is 0.589. The first-order chi connectivity index (χ1) is 16.5. The summed E-state index contributed by atoms with van der Waals surface area (Å²) in [5.41, 5.74) is 3.44. The van der Waals surface area contributed by atoms with E-state index in [1.54, 1.807) is 0 Å². The van der Waals surface area contributed by atoms with Crippen molar-refractivity contribution in [2.75, 3.05) is 56.2 Å². The first kappa shape index (κ1) is 24.7. The predicted octanol–water partition coefficient (Wildman–Crippen LogP) is 3.93. The first-order valence-electron chi connectivity index (χ1n) is 12.7. The van der Waals surface area contributed by atoms with E-state index in [1.807, 2.05) is 30.3 Å². The van der Waals surface area contributed by atoms with Gasteiger partial charge in [0.15, 0.2) is 0 Å². The Hall–Kier alpha value is -2.41. The van der Waals surface area contributed by atoms with Crippen molar-refractivity contribution in [1.82, 2.24) is 10.2 Å². The Kier molecular flexibility index (Phi) is 8.59. The molecule has 6 heteroatoms. The molecule has 0 bridgehead atoms. The van der Waals surface area contributed by atoms with Gasteiger partial charge < -0.3 is 20.3 Å². The Bertz CT molecular complexity index is 886. The molecule has 2 aliphatic heterocycles. The summed E-state index contributed by atoms with van der Waals surface area (Å²) >= 11 is 0. The summed E-state index contributed by atoms with van der Waals surface area (Å²) < 4.78 is 5.51. The van der Waals surface area contributed by atoms with Gasteiger partial charge in [0.25, 0.3) is 0 Å². The first-order valence-corrected chi connectivity index (χ1v) is 12.7. The average Bonchev–Trinajstić information content (AvgIpc) is 2.88. The molecule has 2 aliphatic rings. The van der Waals surface area contributed by atoms with E-state index >= 15 is 0 Å². The minimum Gasteiger partial charge on any atom is -0.379 e. The Morgan fingerprint density at radius 3 is 2.32 bits per heavy atom. The number of piperidine rings is 1. The van der Waals surface area contributed by atoms with Gasteiger partial charge in [-0.3, -0.25) is 9.69 Å². The summed E-state index contributed by atoms with van der Waals surface area (Å²) in [7, 11) is 0. The van der Waals surface area contributed by atoms with Gasteiger partial charge in [-0.25, -0.2) is 0 Å². The molecule has 0 atom stereocenters. The van der Waals surface area contributed by atoms with Crippen molar-refractivity contribution >= 4 is 17.3 Å². The van der Waals surface area contributed by atoms with Gasteiger partial charge in [0.1, 0.15) is 0 Å². The molecule has 2 fully saturated rings. The molecule has 0 unspecified atom stereocenters. The third-order valence-electron chi connectivity index (χ3n) is 7.19. The van der Waals surface area contributed by atoms with E-state index < -0.39 is 0 Å². The Morgan fingerprint density at radius 1 is 0.971 bits per heavy atom. The Balaban J connectivity index is 1.18. The van der Waals surface area contributed by atoms with Crippen molar-refractivity contribution in [2.45, 2.75) is 51.1 Å². The zero-order valence-corrected chi connectivity index (χ0v) is 20.8. The van der Waals surface area contributed by atoms with Crippen molar-refractivity contribution < 1.29 is 9.53 Å². The zero-order chi connectivity index (χ0) is 23.8. The van der Waals surface area contributed by atoms with Crippen molar-refractivity contribution in [3.8, 4) is 0 Å². The number of amides is 1. The number of carbonyl (C=O) groups excluding carboxylic acids is 1. The molecule has 0 aliphatic carbocycles. The predicted molar refractivity (Wildman–Crippen MR) is 140 cm³/mol. The van der Waals surface area contributed by atoms with Gasteiger partial charge in [0.2, 0.25) is 5.91 Å². The molecular weight excluding hydrogens is 424 g/mol. The molecule has 34 heavy (non-hydrogen) atoms. The van der Waals surface area contributed by atoms with Crippen molar-refractivity contribution in [3.63, 3.8) is 0 Å². The number of aryl methyl sites for hydroxylation is 1. The van der Waals surface area contributed by atoms with Crippen LogP contribution >= 0.6 is 0 Å². The van der Waals surface area contributed by atoms with Gasteiger partial charge in [-0.2, -0.15) is 0 Å². The maximum Gasteiger partial charge on any atom is 0.224 e. The molecule has 4 rings (SSSR count). The number of benzene rings is 2. The van der Waals surface area contributed by atoms with Crippen molar-refractivity contribution in [2.24, 2.45) is 0 Å². The molecule has 0 radical (unpaired) electrons. The topological polar surface area (TPSA) is 56.8 Å². The fraction of sp³-hybridized carbons (Fsp3) is 0.536. The summed E-state index contributed by atoms with van der Waals surface area (Å²) in [5.74, 6) is 0.0588. The Morgan fingerprint density at radius 2 is 1.65 bits per heavy atom. The van der Waals surface area contributed by atoms with Crippen LogP contribution < -0.4 is 15.5 Å². The second kappa shape index (κ2) is 11.8. The largest absolute Gasteiger partial charge is 0.379 e. The SMILES string of the molecule is CC(C)(CNC1CCN(c2ccc(NC(=O)CCc3ccccc3)cc2)CC1)N1CCOCC1. The third-order valence-corrected chi connectivity index (χ3v) is 7.19. The molecule has 2 N–H and O–H groups in total. The molecule has 6 nitrogen and oxygen atoms in total. The molecule has 0 saturated carbocycles. The van der Waals surface area contributed by atoms with Crippen LogP contribution in [-0.2, 0) is 16.0 Å². The fourth-order valence-electron chi connectivity index (χ4n) is 4.90. The van der Waals surface area contributed by atoms with Crippen molar-refractivity contribution in [1.29, 1.82) is 0 Å². The number of hydrogen-bond acceptors (Lipinski definition) is 5. The van der Waals surface area contributed by atoms with Crippen LogP contribution in [-0.4, -0.2) is 68.3 Å². The normalized spacial score (nSPS) is 18.1. The summed E-state index contributed by atoms with van der Waals surface area (Å²) in [4.78, 5) is 17.3. The number of nitrogens with one attached hydrogen (secondary N) is 2. The molecular formula is C28H40N4O2. The second-order valence-electron chi connectivity index (χ2n) is 10.1. The molecule has 2 heterocycles. The number of hydrogen-bond donors (Lipinski definition) is 2. The van der Waals surface area contributed by atoms with Crippen LogP contribution in [0.2, 0.25) is 0 Å². The van der Waals surface area contributed by atoms with E-state index in [9.17, 15) is 4.79 Å². The maximum atomic E-state index is 12.3. The number of anilines is 2. The monoisotopic (exact) mass is 464 g/mol. The van der Waals surface area contributed by atoms with Gasteiger partial charge >= 0.3 is 0 Å². The van der Waals surface area contributed by atoms with Crippen LogP contribution in [0.25, 0.3) is 0 Å². The second-order valence-corrected chi connectivity index (χ2v) is 10.1. The number of rotatable bonds is 9. The molecule has 184 valence electrons. The van der Waals surface area contributed by atoms with E-state index in [2.05, 4.69) is 58.5 Å². The van der Waals surface area contributed by atoms with E-state index in [4.69, 9.17) is 4.74 Å². The van der Waals surface area contributed by atoms with Gasteiger partial charge in [-0.1, -0.05) is 30.3 Å². The van der Waals surface area contributed by atoms with Crippen molar-refractivity contribution in [3.05, 3.63) is 60.2 Å².